The maximum absolute atomic E-state index is 12.9. The zero-order valence-corrected chi connectivity index (χ0v) is 18.3. The van der Waals surface area contributed by atoms with Gasteiger partial charge in [-0.05, 0) is 17.5 Å². The maximum Gasteiger partial charge on any atom is 0.223 e. The van der Waals surface area contributed by atoms with Crippen molar-refractivity contribution < 1.29 is 4.79 Å². The second kappa shape index (κ2) is 14.8. The van der Waals surface area contributed by atoms with E-state index < -0.39 is 0 Å². The van der Waals surface area contributed by atoms with E-state index in [9.17, 15) is 4.79 Å². The highest BCUT2D eigenvalue weighted by Gasteiger charge is 2.14. The zero-order valence-electron chi connectivity index (χ0n) is 18.3. The van der Waals surface area contributed by atoms with Gasteiger partial charge in [-0.25, -0.2) is 0 Å². The summed E-state index contributed by atoms with van der Waals surface area (Å²) in [6, 6.07) is 20.6. The molecule has 0 atom stereocenters. The average molecular weight is 394 g/mol. The Morgan fingerprint density at radius 1 is 0.621 bits per heavy atom. The van der Waals surface area contributed by atoms with Gasteiger partial charge in [-0.3, -0.25) is 4.79 Å². The third kappa shape index (κ3) is 10.3. The molecule has 0 saturated carbocycles. The van der Waals surface area contributed by atoms with Crippen molar-refractivity contribution in [1.29, 1.82) is 0 Å². The number of benzene rings is 2. The molecule has 2 heteroatoms. The lowest BCUT2D eigenvalue weighted by molar-refractivity contribution is -0.132. The number of carbonyl (C=O) groups is 1. The Morgan fingerprint density at radius 2 is 1.03 bits per heavy atom. The first-order valence-electron chi connectivity index (χ1n) is 11.6. The number of amides is 1. The van der Waals surface area contributed by atoms with Crippen molar-refractivity contribution in [2.45, 2.75) is 90.6 Å². The van der Waals surface area contributed by atoms with Gasteiger partial charge < -0.3 is 4.90 Å². The second-order valence-corrected chi connectivity index (χ2v) is 8.15. The molecule has 0 aromatic heterocycles. The van der Waals surface area contributed by atoms with Crippen LogP contribution >= 0.6 is 0 Å². The number of carbonyl (C=O) groups excluding carboxylic acids is 1. The fraction of sp³-hybridized carbons (Fsp3) is 0.519. The summed E-state index contributed by atoms with van der Waals surface area (Å²) in [4.78, 5) is 14.9. The molecule has 0 aliphatic rings. The van der Waals surface area contributed by atoms with E-state index in [0.717, 1.165) is 6.42 Å². The average Bonchev–Trinajstić information content (AvgIpc) is 2.76. The lowest BCUT2D eigenvalue weighted by Gasteiger charge is -2.23. The van der Waals surface area contributed by atoms with Crippen molar-refractivity contribution in [2.24, 2.45) is 0 Å². The van der Waals surface area contributed by atoms with Gasteiger partial charge in [0.2, 0.25) is 5.91 Å². The molecule has 0 aliphatic carbocycles. The summed E-state index contributed by atoms with van der Waals surface area (Å²) in [6.07, 6.45) is 13.6. The largest absolute Gasteiger partial charge is 0.334 e. The van der Waals surface area contributed by atoms with Gasteiger partial charge in [-0.1, -0.05) is 125 Å². The lowest BCUT2D eigenvalue weighted by atomic mass is 10.1. The van der Waals surface area contributed by atoms with Crippen molar-refractivity contribution in [3.05, 3.63) is 71.8 Å². The predicted octanol–water partition coefficient (Wildman–Crippen LogP) is 7.53. The Balaban J connectivity index is 1.71. The van der Waals surface area contributed by atoms with Crippen molar-refractivity contribution in [3.63, 3.8) is 0 Å². The van der Waals surface area contributed by atoms with Crippen molar-refractivity contribution >= 4 is 5.91 Å². The van der Waals surface area contributed by atoms with E-state index in [1.54, 1.807) is 0 Å². The fourth-order valence-electron chi connectivity index (χ4n) is 3.76. The first-order valence-corrected chi connectivity index (χ1v) is 11.6. The first-order chi connectivity index (χ1) is 14.3. The highest BCUT2D eigenvalue weighted by atomic mass is 16.2. The summed E-state index contributed by atoms with van der Waals surface area (Å²) < 4.78 is 0. The van der Waals surface area contributed by atoms with E-state index >= 15 is 0 Å². The monoisotopic (exact) mass is 393 g/mol. The van der Waals surface area contributed by atoms with E-state index in [2.05, 4.69) is 31.2 Å². The Kier molecular flexibility index (Phi) is 11.9. The molecule has 0 unspecified atom stereocenters. The summed E-state index contributed by atoms with van der Waals surface area (Å²) >= 11 is 0. The van der Waals surface area contributed by atoms with E-state index in [1.807, 2.05) is 41.3 Å². The molecule has 0 bridgehead atoms. The minimum absolute atomic E-state index is 0.275. The van der Waals surface area contributed by atoms with Gasteiger partial charge in [-0.2, -0.15) is 0 Å². The van der Waals surface area contributed by atoms with E-state index in [-0.39, 0.29) is 5.91 Å². The highest BCUT2D eigenvalue weighted by molar-refractivity contribution is 5.76. The molecular formula is C27H39NO. The van der Waals surface area contributed by atoms with Crippen LogP contribution in [0.1, 0.15) is 88.7 Å². The van der Waals surface area contributed by atoms with Gasteiger partial charge in [0.15, 0.2) is 0 Å². The van der Waals surface area contributed by atoms with Gasteiger partial charge in [0.05, 0.1) is 0 Å². The van der Waals surface area contributed by atoms with E-state index in [4.69, 9.17) is 0 Å². The van der Waals surface area contributed by atoms with Gasteiger partial charge in [-0.15, -0.1) is 0 Å². The quantitative estimate of drug-likeness (QED) is 0.286. The van der Waals surface area contributed by atoms with Crippen molar-refractivity contribution in [1.82, 2.24) is 4.90 Å². The van der Waals surface area contributed by atoms with Crippen LogP contribution in [0.4, 0.5) is 0 Å². The lowest BCUT2D eigenvalue weighted by Crippen LogP contribution is -2.29. The van der Waals surface area contributed by atoms with Crippen LogP contribution in [0.25, 0.3) is 0 Å². The SMILES string of the molecule is CCCCCCCCCCCCC(=O)N(Cc1ccccc1)Cc1ccccc1. The molecule has 0 saturated heterocycles. The predicted molar refractivity (Wildman–Crippen MR) is 124 cm³/mol. The summed E-state index contributed by atoms with van der Waals surface area (Å²) in [5.41, 5.74) is 2.39. The molecule has 1 amide bonds. The van der Waals surface area contributed by atoms with E-state index in [0.29, 0.717) is 19.5 Å². The van der Waals surface area contributed by atoms with Crippen LogP contribution in [0.5, 0.6) is 0 Å². The van der Waals surface area contributed by atoms with Gasteiger partial charge in [0.25, 0.3) is 0 Å². The molecule has 29 heavy (non-hydrogen) atoms. The minimum Gasteiger partial charge on any atom is -0.334 e. The van der Waals surface area contributed by atoms with Crippen LogP contribution in [0, 0.1) is 0 Å². The molecule has 0 radical (unpaired) electrons. The number of unbranched alkanes of at least 4 members (excludes halogenated alkanes) is 9. The van der Waals surface area contributed by atoms with Crippen molar-refractivity contribution in [2.75, 3.05) is 0 Å². The third-order valence-corrected chi connectivity index (χ3v) is 5.53. The minimum atomic E-state index is 0.275. The summed E-state index contributed by atoms with van der Waals surface area (Å²) in [5.74, 6) is 0.275. The molecule has 2 aromatic carbocycles. The molecular weight excluding hydrogens is 354 g/mol. The Labute approximate surface area is 178 Å². The molecule has 2 nitrogen and oxygen atoms in total. The normalized spacial score (nSPS) is 10.8. The van der Waals surface area contributed by atoms with Crippen LogP contribution in [-0.4, -0.2) is 10.8 Å². The molecule has 0 fully saturated rings. The van der Waals surface area contributed by atoms with Crippen molar-refractivity contribution in [3.8, 4) is 0 Å². The van der Waals surface area contributed by atoms with Gasteiger partial charge in [0.1, 0.15) is 0 Å². The molecule has 0 aliphatic heterocycles. The summed E-state index contributed by atoms with van der Waals surface area (Å²) in [5, 5.41) is 0. The number of hydrogen-bond acceptors (Lipinski definition) is 1. The number of hydrogen-bond donors (Lipinski definition) is 0. The number of nitrogens with zero attached hydrogens (tertiary/aromatic N) is 1. The smallest absolute Gasteiger partial charge is 0.223 e. The zero-order chi connectivity index (χ0) is 20.6. The molecule has 0 spiro atoms. The fourth-order valence-corrected chi connectivity index (χ4v) is 3.76. The Bertz CT molecular complexity index is 611. The highest BCUT2D eigenvalue weighted by Crippen LogP contribution is 2.15. The standard InChI is InChI=1S/C27H39NO/c1-2-3-4-5-6-7-8-9-10-17-22-27(29)28(23-25-18-13-11-14-19-25)24-26-20-15-12-16-21-26/h11-16,18-21H,2-10,17,22-24H2,1H3. The second-order valence-electron chi connectivity index (χ2n) is 8.15. The maximum atomic E-state index is 12.9. The van der Waals surface area contributed by atoms with Crippen LogP contribution < -0.4 is 0 Å². The van der Waals surface area contributed by atoms with Crippen LogP contribution in [0.2, 0.25) is 0 Å². The first kappa shape index (κ1) is 23.2. The molecule has 2 rings (SSSR count). The topological polar surface area (TPSA) is 20.3 Å². The molecule has 0 heterocycles. The number of rotatable bonds is 15. The van der Waals surface area contributed by atoms with E-state index in [1.165, 1.54) is 68.9 Å². The summed E-state index contributed by atoms with van der Waals surface area (Å²) in [7, 11) is 0. The Morgan fingerprint density at radius 3 is 1.48 bits per heavy atom. The van der Waals surface area contributed by atoms with Crippen LogP contribution in [-0.2, 0) is 17.9 Å². The molecule has 0 N–H and O–H groups in total. The van der Waals surface area contributed by atoms with Gasteiger partial charge in [0, 0.05) is 19.5 Å². The third-order valence-electron chi connectivity index (χ3n) is 5.53. The van der Waals surface area contributed by atoms with Gasteiger partial charge >= 0.3 is 0 Å². The molecule has 158 valence electrons. The summed E-state index contributed by atoms with van der Waals surface area (Å²) in [6.45, 7) is 3.64. The van der Waals surface area contributed by atoms with Crippen LogP contribution in [0.3, 0.4) is 0 Å². The molecule has 2 aromatic rings. The van der Waals surface area contributed by atoms with Crippen LogP contribution in [0.15, 0.2) is 60.7 Å². The Hall–Kier alpha value is -2.09.